The largest absolute Gasteiger partial charge is 0.457 e. The molecule has 3 N–H and O–H groups in total. The second-order valence-electron chi connectivity index (χ2n) is 8.83. The van der Waals surface area contributed by atoms with Crippen molar-refractivity contribution in [2.75, 3.05) is 18.4 Å². The van der Waals surface area contributed by atoms with Crippen LogP contribution in [-0.2, 0) is 23.8 Å². The summed E-state index contributed by atoms with van der Waals surface area (Å²) in [6.07, 6.45) is -3.59. The van der Waals surface area contributed by atoms with Crippen molar-refractivity contribution in [3.63, 3.8) is 0 Å². The highest BCUT2D eigenvalue weighted by Gasteiger charge is 2.35. The normalized spacial score (nSPS) is 18.5. The van der Waals surface area contributed by atoms with E-state index in [-0.39, 0.29) is 26.0 Å². The molecule has 0 bridgehead atoms. The first-order valence-electron chi connectivity index (χ1n) is 11.6. The molecular weight excluding hydrogens is 521 g/mol. The van der Waals surface area contributed by atoms with Crippen LogP contribution in [0.25, 0.3) is 0 Å². The Morgan fingerprint density at radius 1 is 1.08 bits per heavy atom. The Morgan fingerprint density at radius 3 is 2.61 bits per heavy atom. The topological polar surface area (TPSA) is 95.8 Å². The number of amides is 1. The first-order chi connectivity index (χ1) is 17.7. The van der Waals surface area contributed by atoms with Gasteiger partial charge >= 0.3 is 6.18 Å². The van der Waals surface area contributed by atoms with Crippen molar-refractivity contribution in [2.45, 2.75) is 32.5 Å². The average molecular weight is 547 g/mol. The number of nitrogens with one attached hydrogen (secondary N) is 2. The molecule has 2 aromatic carbocycles. The fourth-order valence-electron chi connectivity index (χ4n) is 4.43. The summed E-state index contributed by atoms with van der Waals surface area (Å²) >= 11 is 5.66. The minimum Gasteiger partial charge on any atom is -0.457 e. The number of aliphatic hydroxyl groups is 1. The number of carbonyl (C=O) groups is 1. The summed E-state index contributed by atoms with van der Waals surface area (Å²) in [6.45, 7) is 1.45. The van der Waals surface area contributed by atoms with Crippen molar-refractivity contribution < 1.29 is 27.8 Å². The van der Waals surface area contributed by atoms with Crippen LogP contribution in [0.15, 0.2) is 59.7 Å². The number of benzene rings is 2. The predicted octanol–water partition coefficient (Wildman–Crippen LogP) is 5.25. The SMILES string of the molecule is C.O=C(Nc1ccc(Cl)c(C(F)(F)F)c1)C1Cc2cc(Oc3ccnc(C4=NCCN4)c3)ccc2CC1O. The summed E-state index contributed by atoms with van der Waals surface area (Å²) < 4.78 is 45.6. The van der Waals surface area contributed by atoms with Gasteiger partial charge in [-0.3, -0.25) is 14.8 Å². The maximum atomic E-state index is 13.2. The number of anilines is 1. The van der Waals surface area contributed by atoms with E-state index in [9.17, 15) is 23.1 Å². The van der Waals surface area contributed by atoms with Crippen LogP contribution in [0, 0.1) is 5.92 Å². The fraction of sp³-hybridized carbons (Fsp3) is 0.296. The smallest absolute Gasteiger partial charge is 0.417 e. The van der Waals surface area contributed by atoms with Gasteiger partial charge in [0.1, 0.15) is 23.0 Å². The molecule has 7 nitrogen and oxygen atoms in total. The molecule has 38 heavy (non-hydrogen) atoms. The second kappa shape index (κ2) is 11.0. The van der Waals surface area contributed by atoms with Crippen molar-refractivity contribution in [1.29, 1.82) is 0 Å². The number of ether oxygens (including phenoxy) is 1. The number of aromatic nitrogens is 1. The zero-order valence-corrected chi connectivity index (χ0v) is 20.1. The van der Waals surface area contributed by atoms with Gasteiger partial charge in [-0.2, -0.15) is 13.2 Å². The highest BCUT2D eigenvalue weighted by atomic mass is 35.5. The molecule has 0 saturated carbocycles. The van der Waals surface area contributed by atoms with Crippen LogP contribution in [-0.4, -0.2) is 41.0 Å². The molecule has 2 atom stereocenters. The minimum absolute atomic E-state index is 0. The van der Waals surface area contributed by atoms with Gasteiger partial charge in [0.25, 0.3) is 0 Å². The number of aliphatic imine (C=N–C) groups is 1. The molecule has 0 fully saturated rings. The summed E-state index contributed by atoms with van der Waals surface area (Å²) in [5.74, 6) is 0.382. The van der Waals surface area contributed by atoms with Crippen LogP contribution in [0.2, 0.25) is 5.02 Å². The Morgan fingerprint density at radius 2 is 1.87 bits per heavy atom. The highest BCUT2D eigenvalue weighted by molar-refractivity contribution is 6.31. The van der Waals surface area contributed by atoms with E-state index >= 15 is 0 Å². The molecular formula is C27H26ClF3N4O3. The standard InChI is InChI=1S/C26H22ClF3N4O3.CH4/c27-21-4-2-16(12-20(21)26(28,29)30)34-25(36)19-10-15-9-17(3-1-14(15)11-23(19)35)37-18-5-6-31-22(13-18)24-32-7-8-33-24;/h1-6,9,12-13,19,23,35H,7-8,10-11H2,(H,32,33)(H,34,36);1H4. The van der Waals surface area contributed by atoms with Gasteiger partial charge in [0.15, 0.2) is 0 Å². The third-order valence-electron chi connectivity index (χ3n) is 6.27. The van der Waals surface area contributed by atoms with Crippen molar-refractivity contribution in [1.82, 2.24) is 10.3 Å². The molecule has 2 unspecified atom stereocenters. The number of carbonyl (C=O) groups excluding carboxylic acids is 1. The van der Waals surface area contributed by atoms with Crippen molar-refractivity contribution >= 4 is 29.0 Å². The number of hydrogen-bond donors (Lipinski definition) is 3. The Bertz CT molecular complexity index is 1380. The van der Waals surface area contributed by atoms with E-state index in [1.807, 2.05) is 6.07 Å². The predicted molar refractivity (Wildman–Crippen MR) is 139 cm³/mol. The van der Waals surface area contributed by atoms with Gasteiger partial charge in [-0.05, 0) is 60.4 Å². The van der Waals surface area contributed by atoms with Gasteiger partial charge in [0.2, 0.25) is 5.91 Å². The summed E-state index contributed by atoms with van der Waals surface area (Å²) in [7, 11) is 0. The zero-order chi connectivity index (χ0) is 26.2. The molecule has 2 heterocycles. The molecule has 1 aliphatic carbocycles. The number of rotatable bonds is 5. The van der Waals surface area contributed by atoms with Gasteiger partial charge in [-0.1, -0.05) is 25.1 Å². The lowest BCUT2D eigenvalue weighted by atomic mass is 9.81. The van der Waals surface area contributed by atoms with E-state index in [1.54, 1.807) is 30.5 Å². The van der Waals surface area contributed by atoms with E-state index < -0.39 is 34.7 Å². The first kappa shape index (κ1) is 27.4. The van der Waals surface area contributed by atoms with Gasteiger partial charge in [-0.15, -0.1) is 0 Å². The third-order valence-corrected chi connectivity index (χ3v) is 6.60. The monoisotopic (exact) mass is 546 g/mol. The van der Waals surface area contributed by atoms with Crippen LogP contribution in [0.5, 0.6) is 11.5 Å². The lowest BCUT2D eigenvalue weighted by Crippen LogP contribution is -2.39. The van der Waals surface area contributed by atoms with Crippen LogP contribution in [0.3, 0.4) is 0 Å². The fourth-order valence-corrected chi connectivity index (χ4v) is 4.65. The number of nitrogens with zero attached hydrogens (tertiary/aromatic N) is 2. The number of hydrogen-bond acceptors (Lipinski definition) is 6. The van der Waals surface area contributed by atoms with E-state index in [4.69, 9.17) is 16.3 Å². The Labute approximate surface area is 222 Å². The second-order valence-corrected chi connectivity index (χ2v) is 9.24. The average Bonchev–Trinajstić information content (AvgIpc) is 3.40. The van der Waals surface area contributed by atoms with Gasteiger partial charge in [-0.25, -0.2) is 0 Å². The first-order valence-corrected chi connectivity index (χ1v) is 12.0. The summed E-state index contributed by atoms with van der Waals surface area (Å²) in [5.41, 5.74) is 1.26. The van der Waals surface area contributed by atoms with Gasteiger partial charge in [0, 0.05) is 24.5 Å². The molecule has 1 amide bonds. The molecule has 200 valence electrons. The lowest BCUT2D eigenvalue weighted by Gasteiger charge is -2.29. The summed E-state index contributed by atoms with van der Waals surface area (Å²) in [4.78, 5) is 21.6. The summed E-state index contributed by atoms with van der Waals surface area (Å²) in [6, 6.07) is 12.1. The number of halogens is 4. The molecule has 1 aliphatic heterocycles. The van der Waals surface area contributed by atoms with E-state index in [0.717, 1.165) is 29.8 Å². The molecule has 0 radical (unpaired) electrons. The van der Waals surface area contributed by atoms with Gasteiger partial charge in [0.05, 0.1) is 29.2 Å². The van der Waals surface area contributed by atoms with Crippen molar-refractivity contribution in [2.24, 2.45) is 10.9 Å². The maximum absolute atomic E-state index is 13.2. The third kappa shape index (κ3) is 5.92. The molecule has 5 rings (SSSR count). The zero-order valence-electron chi connectivity index (χ0n) is 19.3. The molecule has 2 aliphatic rings. The van der Waals surface area contributed by atoms with E-state index in [2.05, 4.69) is 20.6 Å². The molecule has 0 spiro atoms. The highest BCUT2D eigenvalue weighted by Crippen LogP contribution is 2.37. The molecule has 1 aromatic heterocycles. The Hall–Kier alpha value is -3.63. The van der Waals surface area contributed by atoms with E-state index in [0.29, 0.717) is 29.6 Å². The minimum atomic E-state index is -4.66. The number of aliphatic hydroxyl groups excluding tert-OH is 1. The molecule has 3 aromatic rings. The Kier molecular flexibility index (Phi) is 7.94. The van der Waals surface area contributed by atoms with Crippen LogP contribution in [0.1, 0.15) is 29.8 Å². The molecule has 0 saturated heterocycles. The molecule has 11 heteroatoms. The number of alkyl halides is 3. The Balaban J connectivity index is 0.00000336. The van der Waals surface area contributed by atoms with Crippen LogP contribution < -0.4 is 15.4 Å². The quantitative estimate of drug-likeness (QED) is 0.406. The maximum Gasteiger partial charge on any atom is 0.417 e. The lowest BCUT2D eigenvalue weighted by molar-refractivity contribution is -0.137. The number of pyridine rings is 1. The van der Waals surface area contributed by atoms with Crippen LogP contribution >= 0.6 is 11.6 Å². The summed E-state index contributed by atoms with van der Waals surface area (Å²) in [5, 5.41) is 15.8. The van der Waals surface area contributed by atoms with Crippen LogP contribution in [0.4, 0.5) is 18.9 Å². The number of amidine groups is 1. The van der Waals surface area contributed by atoms with Crippen molar-refractivity contribution in [3.05, 3.63) is 82.1 Å². The van der Waals surface area contributed by atoms with E-state index in [1.165, 1.54) is 6.07 Å². The van der Waals surface area contributed by atoms with Crippen molar-refractivity contribution in [3.8, 4) is 11.5 Å². The number of fused-ring (bicyclic) bond motifs is 1. The van der Waals surface area contributed by atoms with Gasteiger partial charge < -0.3 is 20.5 Å².